The van der Waals surface area contributed by atoms with E-state index in [9.17, 15) is 4.79 Å². The highest BCUT2D eigenvalue weighted by Gasteiger charge is 2.73. The molecular formula is C15H24O3. The number of fused-ring (bicyclic) bond motifs is 1. The molecule has 0 aromatic heterocycles. The van der Waals surface area contributed by atoms with Crippen LogP contribution >= 0.6 is 0 Å². The second-order valence-corrected chi connectivity index (χ2v) is 6.48. The summed E-state index contributed by atoms with van der Waals surface area (Å²) in [5.41, 5.74) is -0.0553. The van der Waals surface area contributed by atoms with Gasteiger partial charge in [-0.25, -0.2) is 0 Å². The minimum absolute atomic E-state index is 0.0266. The molecule has 0 unspecified atom stereocenters. The molecule has 3 nitrogen and oxygen atoms in total. The number of esters is 1. The highest BCUT2D eigenvalue weighted by molar-refractivity contribution is 5.66. The van der Waals surface area contributed by atoms with Gasteiger partial charge in [-0.05, 0) is 45.3 Å². The molecule has 2 rings (SSSR count). The van der Waals surface area contributed by atoms with Crippen LogP contribution in [0.1, 0.15) is 53.9 Å². The lowest BCUT2D eigenvalue weighted by atomic mass is 9.64. The van der Waals surface area contributed by atoms with E-state index in [4.69, 9.17) is 9.47 Å². The summed E-state index contributed by atoms with van der Waals surface area (Å²) in [7, 11) is 0. The summed E-state index contributed by atoms with van der Waals surface area (Å²) in [6.45, 7) is 10.0. The summed E-state index contributed by atoms with van der Waals surface area (Å²) >= 11 is 0. The fourth-order valence-corrected chi connectivity index (χ4v) is 3.48. The van der Waals surface area contributed by atoms with Crippen molar-refractivity contribution < 1.29 is 14.3 Å². The summed E-state index contributed by atoms with van der Waals surface area (Å²) in [6.07, 6.45) is 7.40. The summed E-state index contributed by atoms with van der Waals surface area (Å²) in [5.74, 6) is -0.243. The number of epoxide rings is 1. The first-order valence-corrected chi connectivity index (χ1v) is 6.79. The maximum Gasteiger partial charge on any atom is 0.303 e. The minimum atomic E-state index is -0.243. The molecule has 1 saturated carbocycles. The molecule has 18 heavy (non-hydrogen) atoms. The first-order chi connectivity index (χ1) is 8.22. The van der Waals surface area contributed by atoms with Crippen molar-refractivity contribution in [1.82, 2.24) is 0 Å². The zero-order chi connectivity index (χ0) is 13.6. The lowest BCUT2D eigenvalue weighted by Crippen LogP contribution is -2.41. The molecule has 0 N–H and O–H groups in total. The molecule has 2 aliphatic rings. The monoisotopic (exact) mass is 252 g/mol. The Morgan fingerprint density at radius 2 is 2.00 bits per heavy atom. The van der Waals surface area contributed by atoms with Crippen molar-refractivity contribution in [3.05, 3.63) is 12.2 Å². The third kappa shape index (κ3) is 1.99. The maximum atomic E-state index is 10.9. The third-order valence-corrected chi connectivity index (χ3v) is 4.55. The lowest BCUT2D eigenvalue weighted by Gasteiger charge is -2.36. The number of hydrogen-bond acceptors (Lipinski definition) is 3. The number of ether oxygens (including phenoxy) is 2. The Morgan fingerprint density at radius 3 is 2.56 bits per heavy atom. The fraction of sp³-hybridized carbons (Fsp3) is 0.800. The van der Waals surface area contributed by atoms with Gasteiger partial charge in [0.15, 0.2) is 0 Å². The molecule has 0 radical (unpaired) electrons. The Hall–Kier alpha value is -0.830. The normalized spacial score (nSPS) is 39.2. The summed E-state index contributed by atoms with van der Waals surface area (Å²) in [4.78, 5) is 10.9. The number of carbonyl (C=O) groups is 1. The van der Waals surface area contributed by atoms with Gasteiger partial charge in [-0.2, -0.15) is 0 Å². The van der Waals surface area contributed by atoms with E-state index in [1.807, 2.05) is 13.0 Å². The number of carbonyl (C=O) groups excluding carboxylic acids is 1. The Kier molecular flexibility index (Phi) is 3.09. The highest BCUT2D eigenvalue weighted by Crippen LogP contribution is 2.65. The fourth-order valence-electron chi connectivity index (χ4n) is 3.48. The van der Waals surface area contributed by atoms with Gasteiger partial charge in [0.2, 0.25) is 0 Å². The van der Waals surface area contributed by atoms with E-state index in [0.717, 1.165) is 6.42 Å². The average molecular weight is 252 g/mol. The van der Waals surface area contributed by atoms with Gasteiger partial charge in [-0.1, -0.05) is 13.8 Å². The van der Waals surface area contributed by atoms with Crippen LogP contribution in [-0.2, 0) is 14.3 Å². The summed E-state index contributed by atoms with van der Waals surface area (Å²) in [6, 6.07) is 0. The van der Waals surface area contributed by atoms with Crippen LogP contribution in [0.15, 0.2) is 12.2 Å². The predicted octanol–water partition coefficient (Wildman–Crippen LogP) is 3.23. The van der Waals surface area contributed by atoms with Crippen LogP contribution in [0.2, 0.25) is 0 Å². The van der Waals surface area contributed by atoms with E-state index in [-0.39, 0.29) is 28.7 Å². The van der Waals surface area contributed by atoms with Gasteiger partial charge in [-0.3, -0.25) is 4.79 Å². The smallest absolute Gasteiger partial charge is 0.303 e. The molecule has 2 fully saturated rings. The molecule has 0 spiro atoms. The van der Waals surface area contributed by atoms with E-state index in [1.165, 1.54) is 19.8 Å². The topological polar surface area (TPSA) is 38.8 Å². The van der Waals surface area contributed by atoms with Crippen LogP contribution in [0.4, 0.5) is 0 Å². The van der Waals surface area contributed by atoms with Crippen molar-refractivity contribution in [2.24, 2.45) is 5.41 Å². The second kappa shape index (κ2) is 4.09. The van der Waals surface area contributed by atoms with E-state index >= 15 is 0 Å². The Morgan fingerprint density at radius 1 is 1.33 bits per heavy atom. The van der Waals surface area contributed by atoms with Gasteiger partial charge in [0.25, 0.3) is 0 Å². The van der Waals surface area contributed by atoms with Crippen molar-refractivity contribution in [1.29, 1.82) is 0 Å². The Balaban J connectivity index is 2.12. The van der Waals surface area contributed by atoms with Crippen molar-refractivity contribution in [2.75, 3.05) is 0 Å². The molecule has 3 heteroatoms. The number of rotatable bonds is 3. The first-order valence-electron chi connectivity index (χ1n) is 6.79. The predicted molar refractivity (Wildman–Crippen MR) is 70.2 cm³/mol. The van der Waals surface area contributed by atoms with Crippen molar-refractivity contribution in [3.63, 3.8) is 0 Å². The average Bonchev–Trinajstić information content (AvgIpc) is 2.82. The van der Waals surface area contributed by atoms with Crippen LogP contribution < -0.4 is 0 Å². The third-order valence-electron chi connectivity index (χ3n) is 4.55. The van der Waals surface area contributed by atoms with E-state index in [0.29, 0.717) is 0 Å². The standard InChI is InChI=1S/C15H24O3/c1-11(17-12(2)16)7-10-15-13(3,4)8-6-9-14(15,5)18-15/h7,10-11H,6,8-9H2,1-5H3/t11-,14+,15-/m0/s1. The summed E-state index contributed by atoms with van der Waals surface area (Å²) in [5, 5.41) is 0. The molecule has 0 aromatic carbocycles. The lowest BCUT2D eigenvalue weighted by molar-refractivity contribution is -0.143. The first kappa shape index (κ1) is 13.6. The van der Waals surface area contributed by atoms with Gasteiger partial charge in [-0.15, -0.1) is 0 Å². The van der Waals surface area contributed by atoms with Crippen LogP contribution in [0, 0.1) is 5.41 Å². The minimum Gasteiger partial charge on any atom is -0.459 e. The molecule has 1 heterocycles. The Bertz CT molecular complexity index is 385. The van der Waals surface area contributed by atoms with Gasteiger partial charge in [0.05, 0.1) is 5.60 Å². The molecule has 0 bridgehead atoms. The zero-order valence-corrected chi connectivity index (χ0v) is 12.1. The van der Waals surface area contributed by atoms with Gasteiger partial charge >= 0.3 is 5.97 Å². The quantitative estimate of drug-likeness (QED) is 0.440. The van der Waals surface area contributed by atoms with Gasteiger partial charge in [0.1, 0.15) is 11.7 Å². The molecule has 1 aliphatic carbocycles. The molecule has 0 amide bonds. The van der Waals surface area contributed by atoms with Gasteiger partial charge in [0, 0.05) is 12.3 Å². The molecule has 102 valence electrons. The largest absolute Gasteiger partial charge is 0.459 e. The zero-order valence-electron chi connectivity index (χ0n) is 12.1. The van der Waals surface area contributed by atoms with Crippen molar-refractivity contribution >= 4 is 5.97 Å². The van der Waals surface area contributed by atoms with Crippen LogP contribution in [0.3, 0.4) is 0 Å². The molecule has 0 aromatic rings. The van der Waals surface area contributed by atoms with Crippen molar-refractivity contribution in [3.8, 4) is 0 Å². The second-order valence-electron chi connectivity index (χ2n) is 6.48. The summed E-state index contributed by atoms with van der Waals surface area (Å²) < 4.78 is 11.2. The van der Waals surface area contributed by atoms with Crippen LogP contribution in [0.25, 0.3) is 0 Å². The maximum absolute atomic E-state index is 10.9. The van der Waals surface area contributed by atoms with Gasteiger partial charge < -0.3 is 9.47 Å². The SMILES string of the molecule is CC(=O)O[C@@H](C)C=C[C@@]12O[C@]1(C)CCCC2(C)C. The van der Waals surface area contributed by atoms with E-state index in [2.05, 4.69) is 26.8 Å². The molecule has 1 saturated heterocycles. The molecule has 1 aliphatic heterocycles. The van der Waals surface area contributed by atoms with Crippen molar-refractivity contribution in [2.45, 2.75) is 71.2 Å². The van der Waals surface area contributed by atoms with Crippen LogP contribution in [-0.4, -0.2) is 23.3 Å². The van der Waals surface area contributed by atoms with E-state index in [1.54, 1.807) is 0 Å². The Labute approximate surface area is 110 Å². The van der Waals surface area contributed by atoms with E-state index < -0.39 is 0 Å². The number of hydrogen-bond donors (Lipinski definition) is 0. The van der Waals surface area contributed by atoms with Crippen LogP contribution in [0.5, 0.6) is 0 Å². The molecular weight excluding hydrogens is 228 g/mol. The molecule has 3 atom stereocenters. The highest BCUT2D eigenvalue weighted by atomic mass is 16.6.